The SMILES string of the molecule is CC1(CC(=O)N/N=C/c2ccc(OCC(=O)O)cc2)OCCO1. The summed E-state index contributed by atoms with van der Waals surface area (Å²) in [5.41, 5.74) is 3.13. The Bertz CT molecular complexity index is 578. The van der Waals surface area contributed by atoms with Crippen LogP contribution in [0.1, 0.15) is 18.9 Å². The first kappa shape index (κ1) is 16.9. The Morgan fingerprint density at radius 1 is 1.35 bits per heavy atom. The molecule has 0 spiro atoms. The molecule has 8 heteroatoms. The van der Waals surface area contributed by atoms with E-state index in [1.54, 1.807) is 31.2 Å². The summed E-state index contributed by atoms with van der Waals surface area (Å²) in [4.78, 5) is 22.1. The molecule has 0 unspecified atom stereocenters. The van der Waals surface area contributed by atoms with Gasteiger partial charge in [-0.2, -0.15) is 5.10 Å². The van der Waals surface area contributed by atoms with Crippen molar-refractivity contribution < 1.29 is 28.9 Å². The normalized spacial score (nSPS) is 16.4. The molecule has 0 aliphatic carbocycles. The van der Waals surface area contributed by atoms with Crippen LogP contribution in [-0.4, -0.2) is 48.8 Å². The first-order chi connectivity index (χ1) is 11.0. The van der Waals surface area contributed by atoms with Crippen molar-refractivity contribution >= 4 is 18.1 Å². The highest BCUT2D eigenvalue weighted by atomic mass is 16.7. The predicted molar refractivity (Wildman–Crippen MR) is 80.2 cm³/mol. The predicted octanol–water partition coefficient (Wildman–Crippen LogP) is 0.753. The van der Waals surface area contributed by atoms with Crippen LogP contribution in [0.15, 0.2) is 29.4 Å². The fourth-order valence-electron chi connectivity index (χ4n) is 1.96. The second-order valence-electron chi connectivity index (χ2n) is 5.05. The van der Waals surface area contributed by atoms with Crippen molar-refractivity contribution in [2.24, 2.45) is 5.10 Å². The van der Waals surface area contributed by atoms with E-state index in [1.165, 1.54) is 6.21 Å². The average molecular weight is 322 g/mol. The van der Waals surface area contributed by atoms with Gasteiger partial charge in [0.1, 0.15) is 5.75 Å². The quantitative estimate of drug-likeness (QED) is 0.567. The Morgan fingerprint density at radius 2 is 2.00 bits per heavy atom. The average Bonchev–Trinajstić information content (AvgIpc) is 2.92. The van der Waals surface area contributed by atoms with Crippen molar-refractivity contribution in [2.75, 3.05) is 19.8 Å². The molecule has 8 nitrogen and oxygen atoms in total. The first-order valence-corrected chi connectivity index (χ1v) is 7.01. The third-order valence-corrected chi connectivity index (χ3v) is 3.03. The van der Waals surface area contributed by atoms with Gasteiger partial charge in [-0.15, -0.1) is 0 Å². The smallest absolute Gasteiger partial charge is 0.341 e. The van der Waals surface area contributed by atoms with E-state index in [4.69, 9.17) is 19.3 Å². The van der Waals surface area contributed by atoms with E-state index in [2.05, 4.69) is 10.5 Å². The Balaban J connectivity index is 1.78. The minimum Gasteiger partial charge on any atom is -0.482 e. The molecule has 1 fully saturated rings. The molecule has 124 valence electrons. The summed E-state index contributed by atoms with van der Waals surface area (Å²) in [6, 6.07) is 6.62. The molecule has 0 radical (unpaired) electrons. The van der Waals surface area contributed by atoms with Crippen LogP contribution in [0.3, 0.4) is 0 Å². The lowest BCUT2D eigenvalue weighted by Gasteiger charge is -2.20. The van der Waals surface area contributed by atoms with Crippen LogP contribution < -0.4 is 10.2 Å². The van der Waals surface area contributed by atoms with Crippen LogP contribution in [0.2, 0.25) is 0 Å². The fraction of sp³-hybridized carbons (Fsp3) is 0.400. The summed E-state index contributed by atoms with van der Waals surface area (Å²) < 4.78 is 15.7. The standard InChI is InChI=1S/C15H18N2O6/c1-15(22-6-7-23-15)8-13(18)17-16-9-11-2-4-12(5-3-11)21-10-14(19)20/h2-5,9H,6-8,10H2,1H3,(H,17,18)(H,19,20)/b16-9+. The Hall–Kier alpha value is -2.45. The maximum Gasteiger partial charge on any atom is 0.341 e. The number of rotatable bonds is 7. The van der Waals surface area contributed by atoms with E-state index in [-0.39, 0.29) is 12.3 Å². The molecule has 1 aromatic rings. The van der Waals surface area contributed by atoms with Gasteiger partial charge in [-0.1, -0.05) is 0 Å². The summed E-state index contributed by atoms with van der Waals surface area (Å²) in [7, 11) is 0. The molecule has 0 atom stereocenters. The van der Waals surface area contributed by atoms with Crippen molar-refractivity contribution in [3.63, 3.8) is 0 Å². The largest absolute Gasteiger partial charge is 0.482 e. The van der Waals surface area contributed by atoms with E-state index in [0.717, 1.165) is 5.56 Å². The van der Waals surface area contributed by atoms with Gasteiger partial charge in [0, 0.05) is 0 Å². The topological polar surface area (TPSA) is 106 Å². The zero-order chi connectivity index (χ0) is 16.7. The third-order valence-electron chi connectivity index (χ3n) is 3.03. The molecule has 2 rings (SSSR count). The van der Waals surface area contributed by atoms with Gasteiger partial charge in [0.2, 0.25) is 5.91 Å². The van der Waals surface area contributed by atoms with E-state index in [1.807, 2.05) is 0 Å². The summed E-state index contributed by atoms with van der Waals surface area (Å²) in [6.45, 7) is 2.26. The van der Waals surface area contributed by atoms with Crippen LogP contribution >= 0.6 is 0 Å². The van der Waals surface area contributed by atoms with Gasteiger partial charge in [-0.3, -0.25) is 4.79 Å². The number of carbonyl (C=O) groups is 2. The van der Waals surface area contributed by atoms with Crippen LogP contribution in [0, 0.1) is 0 Å². The van der Waals surface area contributed by atoms with Gasteiger partial charge in [0.05, 0.1) is 25.8 Å². The summed E-state index contributed by atoms with van der Waals surface area (Å²) in [5, 5.41) is 12.4. The van der Waals surface area contributed by atoms with Crippen LogP contribution in [0.25, 0.3) is 0 Å². The molecule has 1 saturated heterocycles. The van der Waals surface area contributed by atoms with Crippen molar-refractivity contribution in [3.8, 4) is 5.75 Å². The number of carbonyl (C=O) groups excluding carboxylic acids is 1. The molecule has 1 aliphatic rings. The minimum absolute atomic E-state index is 0.0618. The lowest BCUT2D eigenvalue weighted by Crippen LogP contribution is -2.33. The lowest BCUT2D eigenvalue weighted by atomic mass is 10.2. The van der Waals surface area contributed by atoms with Gasteiger partial charge in [-0.25, -0.2) is 10.2 Å². The highest BCUT2D eigenvalue weighted by molar-refractivity contribution is 5.82. The summed E-state index contributed by atoms with van der Waals surface area (Å²) in [5.74, 6) is -1.80. The maximum atomic E-state index is 11.7. The van der Waals surface area contributed by atoms with Crippen LogP contribution in [0.4, 0.5) is 0 Å². The first-order valence-electron chi connectivity index (χ1n) is 7.01. The molecule has 2 N–H and O–H groups in total. The minimum atomic E-state index is -1.04. The maximum absolute atomic E-state index is 11.7. The van der Waals surface area contributed by atoms with E-state index < -0.39 is 18.4 Å². The Labute approximate surface area is 133 Å². The molecular weight excluding hydrogens is 304 g/mol. The second-order valence-corrected chi connectivity index (χ2v) is 5.05. The molecular formula is C15H18N2O6. The molecule has 1 aromatic carbocycles. The lowest BCUT2D eigenvalue weighted by molar-refractivity contribution is -0.159. The van der Waals surface area contributed by atoms with Crippen molar-refractivity contribution in [3.05, 3.63) is 29.8 Å². The van der Waals surface area contributed by atoms with Gasteiger partial charge in [0.25, 0.3) is 0 Å². The molecule has 1 heterocycles. The molecule has 1 amide bonds. The Kier molecular flexibility index (Phi) is 5.67. The number of amides is 1. The fourth-order valence-corrected chi connectivity index (χ4v) is 1.96. The highest BCUT2D eigenvalue weighted by Gasteiger charge is 2.33. The molecule has 0 saturated carbocycles. The highest BCUT2D eigenvalue weighted by Crippen LogP contribution is 2.22. The number of nitrogens with one attached hydrogen (secondary N) is 1. The van der Waals surface area contributed by atoms with Crippen LogP contribution in [-0.2, 0) is 19.1 Å². The van der Waals surface area contributed by atoms with Gasteiger partial charge < -0.3 is 19.3 Å². The number of carboxylic acids is 1. The second kappa shape index (κ2) is 7.70. The van der Waals surface area contributed by atoms with Crippen molar-refractivity contribution in [2.45, 2.75) is 19.1 Å². The molecule has 0 aromatic heterocycles. The number of ether oxygens (including phenoxy) is 3. The number of hydrazone groups is 1. The third kappa shape index (κ3) is 5.68. The van der Waals surface area contributed by atoms with Crippen LogP contribution in [0.5, 0.6) is 5.75 Å². The van der Waals surface area contributed by atoms with E-state index in [9.17, 15) is 9.59 Å². The number of hydrogen-bond acceptors (Lipinski definition) is 6. The van der Waals surface area contributed by atoms with Crippen molar-refractivity contribution in [1.29, 1.82) is 0 Å². The zero-order valence-corrected chi connectivity index (χ0v) is 12.7. The summed E-state index contributed by atoms with van der Waals surface area (Å²) in [6.07, 6.45) is 1.53. The molecule has 23 heavy (non-hydrogen) atoms. The van der Waals surface area contributed by atoms with E-state index in [0.29, 0.717) is 19.0 Å². The van der Waals surface area contributed by atoms with Gasteiger partial charge in [-0.05, 0) is 36.8 Å². The Morgan fingerprint density at radius 3 is 2.61 bits per heavy atom. The number of nitrogens with zero attached hydrogens (tertiary/aromatic N) is 1. The zero-order valence-electron chi connectivity index (χ0n) is 12.7. The van der Waals surface area contributed by atoms with Crippen molar-refractivity contribution in [1.82, 2.24) is 5.43 Å². The monoisotopic (exact) mass is 322 g/mol. The number of aliphatic carboxylic acids is 1. The number of hydrogen-bond donors (Lipinski definition) is 2. The number of carboxylic acid groups (broad SMARTS) is 1. The number of benzene rings is 1. The molecule has 1 aliphatic heterocycles. The van der Waals surface area contributed by atoms with Gasteiger partial charge in [0.15, 0.2) is 12.4 Å². The van der Waals surface area contributed by atoms with Gasteiger partial charge >= 0.3 is 5.97 Å². The molecule has 0 bridgehead atoms. The van der Waals surface area contributed by atoms with E-state index >= 15 is 0 Å². The summed E-state index contributed by atoms with van der Waals surface area (Å²) >= 11 is 0.